The summed E-state index contributed by atoms with van der Waals surface area (Å²) >= 11 is 0. The van der Waals surface area contributed by atoms with Crippen molar-refractivity contribution in [2.24, 2.45) is 5.92 Å². The molecule has 0 unspecified atom stereocenters. The van der Waals surface area contributed by atoms with Crippen LogP contribution < -0.4 is 5.32 Å². The molecule has 0 spiro atoms. The number of alkyl carbamates (subject to hydrolysis) is 1. The second-order valence-electron chi connectivity index (χ2n) is 7.10. The normalized spacial score (nSPS) is 22.5. The molecule has 2 atom stereocenters. The first-order valence-corrected chi connectivity index (χ1v) is 8.13. The number of carbonyl (C=O) groups is 1. The molecule has 1 amide bonds. The zero-order chi connectivity index (χ0) is 16.2. The van der Waals surface area contributed by atoms with Crippen molar-refractivity contribution < 1.29 is 9.53 Å². The lowest BCUT2D eigenvalue weighted by molar-refractivity contribution is 0.0495. The van der Waals surface area contributed by atoms with Crippen molar-refractivity contribution in [3.05, 3.63) is 35.9 Å². The largest absolute Gasteiger partial charge is 0.444 e. The fourth-order valence-electron chi connectivity index (χ4n) is 2.97. The molecule has 0 saturated carbocycles. The summed E-state index contributed by atoms with van der Waals surface area (Å²) in [6.07, 6.45) is 0.753. The molecule has 0 radical (unpaired) electrons. The predicted octanol–water partition coefficient (Wildman–Crippen LogP) is 3.42. The SMILES string of the molecule is CC[C@H]1CN(Cc2ccccc2)C[C@H]1NC(=O)OC(C)(C)C. The molecule has 4 nitrogen and oxygen atoms in total. The van der Waals surface area contributed by atoms with Gasteiger partial charge in [-0.15, -0.1) is 0 Å². The molecule has 1 aromatic rings. The highest BCUT2D eigenvalue weighted by atomic mass is 16.6. The van der Waals surface area contributed by atoms with Gasteiger partial charge in [0, 0.05) is 25.7 Å². The van der Waals surface area contributed by atoms with Crippen molar-refractivity contribution in [3.63, 3.8) is 0 Å². The van der Waals surface area contributed by atoms with E-state index in [9.17, 15) is 4.79 Å². The van der Waals surface area contributed by atoms with E-state index < -0.39 is 5.60 Å². The third-order valence-corrected chi connectivity index (χ3v) is 3.99. The Balaban J connectivity index is 1.90. The zero-order valence-electron chi connectivity index (χ0n) is 14.1. The summed E-state index contributed by atoms with van der Waals surface area (Å²) < 4.78 is 5.38. The van der Waals surface area contributed by atoms with Crippen molar-refractivity contribution in [2.75, 3.05) is 13.1 Å². The van der Waals surface area contributed by atoms with Gasteiger partial charge in [0.15, 0.2) is 0 Å². The molecule has 1 aromatic carbocycles. The van der Waals surface area contributed by atoms with Crippen LogP contribution in [0, 0.1) is 5.92 Å². The molecular formula is C18H28N2O2. The van der Waals surface area contributed by atoms with Crippen LogP contribution in [0.5, 0.6) is 0 Å². The van der Waals surface area contributed by atoms with Gasteiger partial charge in [-0.05, 0) is 32.3 Å². The Morgan fingerprint density at radius 2 is 1.95 bits per heavy atom. The quantitative estimate of drug-likeness (QED) is 0.926. The van der Waals surface area contributed by atoms with Gasteiger partial charge in [-0.2, -0.15) is 0 Å². The van der Waals surface area contributed by atoms with Crippen LogP contribution >= 0.6 is 0 Å². The van der Waals surface area contributed by atoms with Crippen molar-refractivity contribution in [1.82, 2.24) is 10.2 Å². The van der Waals surface area contributed by atoms with Crippen LogP contribution in [-0.4, -0.2) is 35.7 Å². The Labute approximate surface area is 133 Å². The van der Waals surface area contributed by atoms with E-state index in [2.05, 4.69) is 41.4 Å². The molecule has 1 saturated heterocycles. The molecule has 1 aliphatic heterocycles. The maximum atomic E-state index is 12.0. The lowest BCUT2D eigenvalue weighted by Gasteiger charge is -2.23. The highest BCUT2D eigenvalue weighted by Gasteiger charge is 2.33. The number of rotatable bonds is 4. The topological polar surface area (TPSA) is 41.6 Å². The summed E-state index contributed by atoms with van der Waals surface area (Å²) in [7, 11) is 0. The van der Waals surface area contributed by atoms with Gasteiger partial charge in [-0.25, -0.2) is 4.79 Å². The van der Waals surface area contributed by atoms with Crippen molar-refractivity contribution >= 4 is 6.09 Å². The maximum Gasteiger partial charge on any atom is 0.407 e. The molecule has 0 aliphatic carbocycles. The highest BCUT2D eigenvalue weighted by Crippen LogP contribution is 2.22. The van der Waals surface area contributed by atoms with Crippen LogP contribution in [-0.2, 0) is 11.3 Å². The molecule has 0 bridgehead atoms. The van der Waals surface area contributed by atoms with Gasteiger partial charge in [-0.3, -0.25) is 4.90 Å². The predicted molar refractivity (Wildman–Crippen MR) is 88.7 cm³/mol. The third-order valence-electron chi connectivity index (χ3n) is 3.99. The summed E-state index contributed by atoms with van der Waals surface area (Å²) in [6.45, 7) is 10.7. The van der Waals surface area contributed by atoms with Gasteiger partial charge in [-0.1, -0.05) is 43.7 Å². The van der Waals surface area contributed by atoms with E-state index >= 15 is 0 Å². The Kier molecular flexibility index (Phi) is 5.46. The molecule has 4 heteroatoms. The number of nitrogens with zero attached hydrogens (tertiary/aromatic N) is 1. The average Bonchev–Trinajstić information content (AvgIpc) is 2.79. The number of hydrogen-bond acceptors (Lipinski definition) is 3. The van der Waals surface area contributed by atoms with E-state index in [1.807, 2.05) is 26.8 Å². The van der Waals surface area contributed by atoms with Crippen LogP contribution in [0.25, 0.3) is 0 Å². The van der Waals surface area contributed by atoms with Gasteiger partial charge < -0.3 is 10.1 Å². The number of hydrogen-bond donors (Lipinski definition) is 1. The molecule has 22 heavy (non-hydrogen) atoms. The zero-order valence-corrected chi connectivity index (χ0v) is 14.1. The Bertz CT molecular complexity index is 482. The molecule has 1 N–H and O–H groups in total. The van der Waals surface area contributed by atoms with E-state index in [1.165, 1.54) is 5.56 Å². The Morgan fingerprint density at radius 1 is 1.27 bits per heavy atom. The van der Waals surface area contributed by atoms with Gasteiger partial charge >= 0.3 is 6.09 Å². The highest BCUT2D eigenvalue weighted by molar-refractivity contribution is 5.68. The van der Waals surface area contributed by atoms with Crippen LogP contribution in [0.2, 0.25) is 0 Å². The van der Waals surface area contributed by atoms with Crippen LogP contribution in [0.1, 0.15) is 39.7 Å². The van der Waals surface area contributed by atoms with E-state index in [0.717, 1.165) is 26.1 Å². The third kappa shape index (κ3) is 5.02. The summed E-state index contributed by atoms with van der Waals surface area (Å²) in [5.41, 5.74) is 0.865. The van der Waals surface area contributed by atoms with Gasteiger partial charge in [0.1, 0.15) is 5.60 Å². The minimum absolute atomic E-state index is 0.170. The first-order chi connectivity index (χ1) is 10.4. The number of ether oxygens (including phenoxy) is 1. The molecule has 2 rings (SSSR count). The van der Waals surface area contributed by atoms with Crippen molar-refractivity contribution in [3.8, 4) is 0 Å². The summed E-state index contributed by atoms with van der Waals surface area (Å²) in [5, 5.41) is 3.05. The monoisotopic (exact) mass is 304 g/mol. The van der Waals surface area contributed by atoms with Crippen LogP contribution in [0.4, 0.5) is 4.79 Å². The Hall–Kier alpha value is -1.55. The van der Waals surface area contributed by atoms with Crippen molar-refractivity contribution in [1.29, 1.82) is 0 Å². The first kappa shape index (κ1) is 16.8. The van der Waals surface area contributed by atoms with E-state index in [0.29, 0.717) is 5.92 Å². The number of amides is 1. The fraction of sp³-hybridized carbons (Fsp3) is 0.611. The minimum Gasteiger partial charge on any atom is -0.444 e. The number of benzene rings is 1. The van der Waals surface area contributed by atoms with Gasteiger partial charge in [0.05, 0.1) is 0 Å². The number of carbonyl (C=O) groups excluding carboxylic acids is 1. The van der Waals surface area contributed by atoms with E-state index in [-0.39, 0.29) is 12.1 Å². The lowest BCUT2D eigenvalue weighted by Crippen LogP contribution is -2.43. The molecule has 1 fully saturated rings. The second-order valence-corrected chi connectivity index (χ2v) is 7.10. The molecule has 122 valence electrons. The standard InChI is InChI=1S/C18H28N2O2/c1-5-15-12-20(11-14-9-7-6-8-10-14)13-16(15)19-17(21)22-18(2,3)4/h6-10,15-16H,5,11-13H2,1-4H3,(H,19,21)/t15-,16+/m0/s1. The molecule has 1 heterocycles. The molecular weight excluding hydrogens is 276 g/mol. The first-order valence-electron chi connectivity index (χ1n) is 8.13. The average molecular weight is 304 g/mol. The summed E-state index contributed by atoms with van der Waals surface area (Å²) in [4.78, 5) is 14.4. The second kappa shape index (κ2) is 7.14. The van der Waals surface area contributed by atoms with Crippen LogP contribution in [0.15, 0.2) is 30.3 Å². The number of nitrogens with one attached hydrogen (secondary N) is 1. The van der Waals surface area contributed by atoms with Gasteiger partial charge in [0.25, 0.3) is 0 Å². The number of likely N-dealkylation sites (tertiary alicyclic amines) is 1. The van der Waals surface area contributed by atoms with E-state index in [1.54, 1.807) is 0 Å². The van der Waals surface area contributed by atoms with Crippen LogP contribution in [0.3, 0.4) is 0 Å². The van der Waals surface area contributed by atoms with Gasteiger partial charge in [0.2, 0.25) is 0 Å². The maximum absolute atomic E-state index is 12.0. The van der Waals surface area contributed by atoms with Crippen molar-refractivity contribution in [2.45, 2.75) is 52.3 Å². The Morgan fingerprint density at radius 3 is 2.55 bits per heavy atom. The molecule has 0 aromatic heterocycles. The smallest absolute Gasteiger partial charge is 0.407 e. The van der Waals surface area contributed by atoms with E-state index in [4.69, 9.17) is 4.74 Å². The minimum atomic E-state index is -0.450. The summed E-state index contributed by atoms with van der Waals surface area (Å²) in [6, 6.07) is 10.6. The molecule has 1 aliphatic rings. The summed E-state index contributed by atoms with van der Waals surface area (Å²) in [5.74, 6) is 0.483. The lowest BCUT2D eigenvalue weighted by atomic mass is 10.0. The fourth-order valence-corrected chi connectivity index (χ4v) is 2.97.